The van der Waals surface area contributed by atoms with Gasteiger partial charge in [-0.1, -0.05) is 18.2 Å². The first-order chi connectivity index (χ1) is 12.4. The van der Waals surface area contributed by atoms with E-state index in [9.17, 15) is 13.2 Å². The molecule has 0 bridgehead atoms. The normalized spacial score (nSPS) is 26.5. The summed E-state index contributed by atoms with van der Waals surface area (Å²) in [7, 11) is -3.48. The van der Waals surface area contributed by atoms with Crippen molar-refractivity contribution in [2.24, 2.45) is 0 Å². The van der Waals surface area contributed by atoms with Crippen LogP contribution in [0.1, 0.15) is 37.0 Å². The molecule has 7 nitrogen and oxygen atoms in total. The van der Waals surface area contributed by atoms with Crippen molar-refractivity contribution in [1.82, 2.24) is 13.9 Å². The minimum absolute atomic E-state index is 0.00306. The quantitative estimate of drug-likeness (QED) is 0.851. The molecular formula is C18H27N3O4S. The zero-order valence-electron chi connectivity index (χ0n) is 15.3. The number of morpholine rings is 1. The van der Waals surface area contributed by atoms with E-state index in [4.69, 9.17) is 4.74 Å². The Morgan fingerprint density at radius 1 is 1.04 bits per heavy atom. The number of piperidine rings is 1. The predicted molar refractivity (Wildman–Crippen MR) is 99.0 cm³/mol. The lowest BCUT2D eigenvalue weighted by molar-refractivity contribution is -0.0456. The maximum atomic E-state index is 12.9. The highest BCUT2D eigenvalue weighted by Gasteiger charge is 2.37. The van der Waals surface area contributed by atoms with Crippen molar-refractivity contribution in [2.75, 3.05) is 26.2 Å². The van der Waals surface area contributed by atoms with E-state index in [1.54, 1.807) is 12.1 Å². The van der Waals surface area contributed by atoms with Gasteiger partial charge < -0.3 is 10.1 Å². The summed E-state index contributed by atoms with van der Waals surface area (Å²) in [5.74, 6) is -0.109. The maximum absolute atomic E-state index is 12.9. The molecule has 3 rings (SSSR count). The number of ether oxygens (including phenoxy) is 1. The van der Waals surface area contributed by atoms with E-state index in [-0.39, 0.29) is 24.2 Å². The molecule has 1 amide bonds. The second-order valence-electron chi connectivity index (χ2n) is 7.09. The van der Waals surface area contributed by atoms with Gasteiger partial charge in [-0.05, 0) is 38.8 Å². The zero-order valence-corrected chi connectivity index (χ0v) is 16.1. The highest BCUT2D eigenvalue weighted by atomic mass is 32.2. The number of nitrogens with one attached hydrogen (secondary N) is 1. The van der Waals surface area contributed by atoms with E-state index in [1.807, 2.05) is 32.0 Å². The Labute approximate surface area is 155 Å². The molecule has 2 fully saturated rings. The average molecular weight is 381 g/mol. The summed E-state index contributed by atoms with van der Waals surface area (Å²) < 4.78 is 34.5. The van der Waals surface area contributed by atoms with Crippen LogP contribution in [0, 0.1) is 0 Å². The van der Waals surface area contributed by atoms with Crippen LogP contribution in [0.3, 0.4) is 0 Å². The van der Waals surface area contributed by atoms with Crippen LogP contribution in [0.25, 0.3) is 0 Å². The summed E-state index contributed by atoms with van der Waals surface area (Å²) in [6.45, 7) is 5.39. The number of amides is 1. The summed E-state index contributed by atoms with van der Waals surface area (Å²) in [4.78, 5) is 12.2. The van der Waals surface area contributed by atoms with Crippen molar-refractivity contribution in [2.45, 2.75) is 44.9 Å². The minimum atomic E-state index is -3.48. The topological polar surface area (TPSA) is 79.0 Å². The Kier molecular flexibility index (Phi) is 5.96. The van der Waals surface area contributed by atoms with Gasteiger partial charge in [0.15, 0.2) is 0 Å². The third kappa shape index (κ3) is 4.43. The van der Waals surface area contributed by atoms with Gasteiger partial charge in [-0.15, -0.1) is 0 Å². The van der Waals surface area contributed by atoms with Crippen LogP contribution in [0.15, 0.2) is 30.3 Å². The van der Waals surface area contributed by atoms with Crippen LogP contribution in [0.2, 0.25) is 0 Å². The van der Waals surface area contributed by atoms with Crippen molar-refractivity contribution in [1.29, 1.82) is 0 Å². The van der Waals surface area contributed by atoms with Gasteiger partial charge >= 0.3 is 0 Å². The van der Waals surface area contributed by atoms with E-state index >= 15 is 0 Å². The first-order valence-corrected chi connectivity index (χ1v) is 10.5. The maximum Gasteiger partial charge on any atom is 0.282 e. The molecule has 144 valence electrons. The predicted octanol–water partition coefficient (Wildman–Crippen LogP) is 1.23. The molecule has 2 saturated heterocycles. The fourth-order valence-corrected chi connectivity index (χ4v) is 5.37. The Balaban J connectivity index is 1.55. The summed E-state index contributed by atoms with van der Waals surface area (Å²) in [5, 5.41) is 3.01. The third-order valence-electron chi connectivity index (χ3n) is 4.86. The van der Waals surface area contributed by atoms with E-state index < -0.39 is 10.2 Å². The molecule has 0 aliphatic carbocycles. The molecule has 0 spiro atoms. The van der Waals surface area contributed by atoms with Gasteiger partial charge in [-0.2, -0.15) is 17.0 Å². The standard InChI is InChI=1S/C18H27N3O4S/c1-14-12-21(13-15(2)25-14)26(23,24)20-10-8-17(9-11-20)19-18(22)16-6-4-3-5-7-16/h3-7,14-15,17H,8-13H2,1-2H3,(H,19,22)/t14-,15-/m0/s1. The smallest absolute Gasteiger partial charge is 0.282 e. The Hall–Kier alpha value is -1.48. The molecule has 0 aromatic heterocycles. The Morgan fingerprint density at radius 2 is 1.62 bits per heavy atom. The first kappa shape index (κ1) is 19.3. The number of hydrogen-bond donors (Lipinski definition) is 1. The van der Waals surface area contributed by atoms with Crippen molar-refractivity contribution < 1.29 is 17.9 Å². The van der Waals surface area contributed by atoms with Gasteiger partial charge in [0.1, 0.15) is 0 Å². The fourth-order valence-electron chi connectivity index (χ4n) is 3.57. The lowest BCUT2D eigenvalue weighted by atomic mass is 10.1. The fraction of sp³-hybridized carbons (Fsp3) is 0.611. The average Bonchev–Trinajstić information content (AvgIpc) is 2.62. The highest BCUT2D eigenvalue weighted by Crippen LogP contribution is 2.21. The molecule has 1 N–H and O–H groups in total. The van der Waals surface area contributed by atoms with E-state index in [0.717, 1.165) is 0 Å². The molecule has 2 heterocycles. The molecule has 2 aliphatic rings. The largest absolute Gasteiger partial charge is 0.373 e. The molecule has 1 aromatic rings. The lowest BCUT2D eigenvalue weighted by Crippen LogP contribution is -2.55. The number of nitrogens with zero attached hydrogens (tertiary/aromatic N) is 2. The van der Waals surface area contributed by atoms with Crippen LogP contribution >= 0.6 is 0 Å². The van der Waals surface area contributed by atoms with Gasteiger partial charge in [0, 0.05) is 37.8 Å². The second kappa shape index (κ2) is 8.04. The van der Waals surface area contributed by atoms with Gasteiger partial charge in [0.05, 0.1) is 12.2 Å². The highest BCUT2D eigenvalue weighted by molar-refractivity contribution is 7.86. The van der Waals surface area contributed by atoms with Crippen LogP contribution in [-0.4, -0.2) is 67.4 Å². The monoisotopic (exact) mass is 381 g/mol. The van der Waals surface area contributed by atoms with Crippen molar-refractivity contribution >= 4 is 16.1 Å². The lowest BCUT2D eigenvalue weighted by Gasteiger charge is -2.39. The zero-order chi connectivity index (χ0) is 18.7. The number of carbonyl (C=O) groups is 1. The van der Waals surface area contributed by atoms with Gasteiger partial charge in [-0.25, -0.2) is 0 Å². The van der Waals surface area contributed by atoms with E-state index in [1.165, 1.54) is 8.61 Å². The molecule has 0 unspecified atom stereocenters. The third-order valence-corrected chi connectivity index (χ3v) is 6.83. The minimum Gasteiger partial charge on any atom is -0.373 e. The summed E-state index contributed by atoms with van der Waals surface area (Å²) in [6, 6.07) is 9.07. The molecule has 0 radical (unpaired) electrons. The second-order valence-corrected chi connectivity index (χ2v) is 9.02. The summed E-state index contributed by atoms with van der Waals surface area (Å²) in [6.07, 6.45) is 1.04. The Morgan fingerprint density at radius 3 is 2.19 bits per heavy atom. The molecule has 1 aromatic carbocycles. The van der Waals surface area contributed by atoms with E-state index in [2.05, 4.69) is 5.32 Å². The number of hydrogen-bond acceptors (Lipinski definition) is 4. The van der Waals surface area contributed by atoms with Gasteiger partial charge in [-0.3, -0.25) is 4.79 Å². The molecular weight excluding hydrogens is 354 g/mol. The molecule has 2 aliphatic heterocycles. The Bertz CT molecular complexity index is 707. The number of benzene rings is 1. The van der Waals surface area contributed by atoms with Gasteiger partial charge in [0.25, 0.3) is 16.1 Å². The van der Waals surface area contributed by atoms with Crippen LogP contribution in [-0.2, 0) is 14.9 Å². The first-order valence-electron chi connectivity index (χ1n) is 9.13. The molecule has 26 heavy (non-hydrogen) atoms. The van der Waals surface area contributed by atoms with Crippen LogP contribution in [0.5, 0.6) is 0 Å². The number of rotatable bonds is 4. The number of carbonyl (C=O) groups excluding carboxylic acids is 1. The van der Waals surface area contributed by atoms with Crippen molar-refractivity contribution in [3.05, 3.63) is 35.9 Å². The van der Waals surface area contributed by atoms with Crippen molar-refractivity contribution in [3.8, 4) is 0 Å². The summed E-state index contributed by atoms with van der Waals surface area (Å²) in [5.41, 5.74) is 0.624. The van der Waals surface area contributed by atoms with Crippen LogP contribution < -0.4 is 5.32 Å². The van der Waals surface area contributed by atoms with Gasteiger partial charge in [0.2, 0.25) is 0 Å². The molecule has 8 heteroatoms. The van der Waals surface area contributed by atoms with Crippen LogP contribution in [0.4, 0.5) is 0 Å². The molecule has 2 atom stereocenters. The SMILES string of the molecule is C[C@H]1CN(S(=O)(=O)N2CCC(NC(=O)c3ccccc3)CC2)C[C@H](C)O1. The van der Waals surface area contributed by atoms with Crippen molar-refractivity contribution in [3.63, 3.8) is 0 Å². The summed E-state index contributed by atoms with van der Waals surface area (Å²) >= 11 is 0. The molecule has 0 saturated carbocycles. The van der Waals surface area contributed by atoms with E-state index in [0.29, 0.717) is 44.6 Å².